The van der Waals surface area contributed by atoms with E-state index in [2.05, 4.69) is 33.4 Å². The summed E-state index contributed by atoms with van der Waals surface area (Å²) in [4.78, 5) is 17.9. The van der Waals surface area contributed by atoms with E-state index in [1.54, 1.807) is 6.20 Å². The molecular weight excluding hydrogens is 338 g/mol. The number of benzene rings is 1. The van der Waals surface area contributed by atoms with Gasteiger partial charge in [0.2, 0.25) is 0 Å². The van der Waals surface area contributed by atoms with Crippen LogP contribution in [-0.4, -0.2) is 41.6 Å². The van der Waals surface area contributed by atoms with Gasteiger partial charge in [-0.05, 0) is 53.5 Å². The molecule has 2 aromatic rings. The van der Waals surface area contributed by atoms with E-state index < -0.39 is 6.10 Å². The number of aromatic nitrogens is 1. The molecule has 2 N–H and O–H groups in total. The number of aldehydes is 1. The molecule has 1 saturated heterocycles. The van der Waals surface area contributed by atoms with Gasteiger partial charge in [-0.3, -0.25) is 9.78 Å². The molecule has 5 heteroatoms. The molecule has 2 heterocycles. The first-order chi connectivity index (χ1) is 13.2. The summed E-state index contributed by atoms with van der Waals surface area (Å²) < 4.78 is 0. The molecule has 140 valence electrons. The lowest BCUT2D eigenvalue weighted by Gasteiger charge is -2.34. The number of hydrogen-bond acceptors (Lipinski definition) is 5. The first-order valence-electron chi connectivity index (χ1n) is 9.59. The number of carbonyl (C=O) groups excluding carboxylic acids is 1. The zero-order valence-corrected chi connectivity index (χ0v) is 15.3. The van der Waals surface area contributed by atoms with Crippen LogP contribution in [0.25, 0.3) is 11.6 Å². The number of hydrogen-bond donors (Lipinski definition) is 2. The third-order valence-corrected chi connectivity index (χ3v) is 5.57. The number of aliphatic hydroxyl groups is 1. The number of pyridine rings is 1. The summed E-state index contributed by atoms with van der Waals surface area (Å²) in [5.74, 6) is 0. The number of nitrogens with zero attached hydrogens (tertiary/aromatic N) is 2. The van der Waals surface area contributed by atoms with E-state index in [0.717, 1.165) is 49.2 Å². The minimum Gasteiger partial charge on any atom is -0.388 e. The van der Waals surface area contributed by atoms with E-state index in [1.807, 2.05) is 24.4 Å². The predicted octanol–water partition coefficient (Wildman–Crippen LogP) is 0.735. The molecule has 1 fully saturated rings. The van der Waals surface area contributed by atoms with Gasteiger partial charge in [0.25, 0.3) is 0 Å². The summed E-state index contributed by atoms with van der Waals surface area (Å²) >= 11 is 0. The van der Waals surface area contributed by atoms with Gasteiger partial charge in [0.05, 0.1) is 6.10 Å². The van der Waals surface area contributed by atoms with Gasteiger partial charge in [-0.1, -0.05) is 18.2 Å². The molecule has 0 spiro atoms. The van der Waals surface area contributed by atoms with E-state index in [9.17, 15) is 9.90 Å². The normalized spacial score (nSPS) is 20.1. The monoisotopic (exact) mass is 363 g/mol. The Bertz CT molecular complexity index is 918. The molecular formula is C22H25N3O2. The van der Waals surface area contributed by atoms with Crippen LogP contribution in [0.1, 0.15) is 24.8 Å². The van der Waals surface area contributed by atoms with Crippen LogP contribution in [0.3, 0.4) is 0 Å². The molecule has 0 radical (unpaired) electrons. The van der Waals surface area contributed by atoms with Crippen LogP contribution in [0.15, 0.2) is 42.7 Å². The van der Waals surface area contributed by atoms with Crippen LogP contribution in [0.5, 0.6) is 0 Å². The van der Waals surface area contributed by atoms with E-state index in [-0.39, 0.29) is 0 Å². The van der Waals surface area contributed by atoms with Crippen molar-refractivity contribution in [2.75, 3.05) is 18.0 Å². The summed E-state index contributed by atoms with van der Waals surface area (Å²) in [5, 5.41) is 15.5. The third-order valence-electron chi connectivity index (χ3n) is 5.57. The smallest absolute Gasteiger partial charge is 0.149 e. The number of carbonyl (C=O) groups is 1. The number of aliphatic hydroxyl groups excluding tert-OH is 1. The largest absolute Gasteiger partial charge is 0.388 e. The fraction of sp³-hybridized carbons (Fsp3) is 0.364. The summed E-state index contributed by atoms with van der Waals surface area (Å²) in [6.45, 7) is 2.88. The zero-order chi connectivity index (χ0) is 18.6. The van der Waals surface area contributed by atoms with Crippen LogP contribution in [-0.2, 0) is 11.3 Å². The maximum atomic E-state index is 11.3. The number of rotatable bonds is 5. The lowest BCUT2D eigenvalue weighted by atomic mass is 9.97. The van der Waals surface area contributed by atoms with Crippen LogP contribution in [0.2, 0.25) is 0 Å². The van der Waals surface area contributed by atoms with Crippen molar-refractivity contribution in [2.45, 2.75) is 38.0 Å². The highest BCUT2D eigenvalue weighted by atomic mass is 16.3. The lowest BCUT2D eigenvalue weighted by Crippen LogP contribution is -2.43. The second kappa shape index (κ2) is 8.03. The molecule has 1 aliphatic carbocycles. The fourth-order valence-corrected chi connectivity index (χ4v) is 3.97. The fourth-order valence-electron chi connectivity index (χ4n) is 3.97. The van der Waals surface area contributed by atoms with Crippen molar-refractivity contribution >= 4 is 23.6 Å². The molecule has 5 nitrogen and oxygen atoms in total. The molecule has 27 heavy (non-hydrogen) atoms. The first kappa shape index (κ1) is 17.9. The Morgan fingerprint density at radius 2 is 2.11 bits per heavy atom. The molecule has 0 bridgehead atoms. The minimum atomic E-state index is -0.678. The number of anilines is 1. The Kier molecular flexibility index (Phi) is 5.32. The van der Waals surface area contributed by atoms with Crippen molar-refractivity contribution < 1.29 is 9.90 Å². The summed E-state index contributed by atoms with van der Waals surface area (Å²) in [6.07, 6.45) is 8.56. The first-order valence-corrected chi connectivity index (χ1v) is 9.59. The Morgan fingerprint density at radius 1 is 1.26 bits per heavy atom. The summed E-state index contributed by atoms with van der Waals surface area (Å²) in [7, 11) is 0. The predicted molar refractivity (Wildman–Crippen MR) is 107 cm³/mol. The Balaban J connectivity index is 1.40. The minimum absolute atomic E-state index is 0.498. The molecule has 4 rings (SSSR count). The van der Waals surface area contributed by atoms with E-state index in [4.69, 9.17) is 0 Å². The average Bonchev–Trinajstić information content (AvgIpc) is 2.73. The van der Waals surface area contributed by atoms with Crippen molar-refractivity contribution in [2.24, 2.45) is 0 Å². The lowest BCUT2D eigenvalue weighted by molar-refractivity contribution is -0.104. The number of nitrogens with one attached hydrogen (secondary N) is 1. The highest BCUT2D eigenvalue weighted by Crippen LogP contribution is 2.19. The van der Waals surface area contributed by atoms with Gasteiger partial charge in [-0.2, -0.15) is 0 Å². The SMILES string of the molecule is O=CC1=c2ccc(N3CCC(NCc4cccnc4)CC3)cc2=CCC1O. The maximum absolute atomic E-state index is 11.3. The highest BCUT2D eigenvalue weighted by Gasteiger charge is 2.20. The topological polar surface area (TPSA) is 65.5 Å². The summed E-state index contributed by atoms with van der Waals surface area (Å²) in [6, 6.07) is 10.8. The van der Waals surface area contributed by atoms with Gasteiger partial charge >= 0.3 is 0 Å². The van der Waals surface area contributed by atoms with Crippen LogP contribution < -0.4 is 20.7 Å². The van der Waals surface area contributed by atoms with Gasteiger partial charge in [-0.25, -0.2) is 0 Å². The molecule has 1 aliphatic heterocycles. The Morgan fingerprint density at radius 3 is 2.85 bits per heavy atom. The third kappa shape index (κ3) is 3.94. The van der Waals surface area contributed by atoms with Crippen molar-refractivity contribution in [1.29, 1.82) is 0 Å². The second-order valence-corrected chi connectivity index (χ2v) is 7.30. The van der Waals surface area contributed by atoms with Gasteiger partial charge in [0, 0.05) is 49.3 Å². The molecule has 1 unspecified atom stereocenters. The Hall–Kier alpha value is -2.50. The number of piperidine rings is 1. The van der Waals surface area contributed by atoms with E-state index in [0.29, 0.717) is 18.0 Å². The van der Waals surface area contributed by atoms with Crippen molar-refractivity contribution in [3.8, 4) is 0 Å². The molecule has 1 atom stereocenters. The standard InChI is InChI=1S/C22H25N3O2/c26-15-21-20-5-4-19(12-17(20)3-6-22(21)27)25-10-7-18(8-11-25)24-14-16-2-1-9-23-13-16/h1-5,9,12-13,15,18,22,24,27H,6-8,10-11,14H2. The molecule has 0 saturated carbocycles. The molecule has 0 amide bonds. The maximum Gasteiger partial charge on any atom is 0.149 e. The van der Waals surface area contributed by atoms with Gasteiger partial charge < -0.3 is 15.3 Å². The number of fused-ring (bicyclic) bond motifs is 1. The van der Waals surface area contributed by atoms with Crippen molar-refractivity contribution in [1.82, 2.24) is 10.3 Å². The van der Waals surface area contributed by atoms with Crippen LogP contribution in [0, 0.1) is 0 Å². The quantitative estimate of drug-likeness (QED) is 0.767. The second-order valence-electron chi connectivity index (χ2n) is 7.30. The van der Waals surface area contributed by atoms with Crippen molar-refractivity contribution in [3.63, 3.8) is 0 Å². The van der Waals surface area contributed by atoms with E-state index in [1.165, 1.54) is 11.3 Å². The zero-order valence-electron chi connectivity index (χ0n) is 15.3. The van der Waals surface area contributed by atoms with E-state index >= 15 is 0 Å². The van der Waals surface area contributed by atoms with Gasteiger partial charge in [-0.15, -0.1) is 0 Å². The Labute approximate surface area is 159 Å². The van der Waals surface area contributed by atoms with Gasteiger partial charge in [0.15, 0.2) is 0 Å². The summed E-state index contributed by atoms with van der Waals surface area (Å²) in [5.41, 5.74) is 2.91. The average molecular weight is 363 g/mol. The van der Waals surface area contributed by atoms with Gasteiger partial charge in [0.1, 0.15) is 6.29 Å². The van der Waals surface area contributed by atoms with Crippen molar-refractivity contribution in [3.05, 3.63) is 58.7 Å². The highest BCUT2D eigenvalue weighted by molar-refractivity contribution is 6.01. The van der Waals surface area contributed by atoms with Crippen LogP contribution in [0.4, 0.5) is 5.69 Å². The van der Waals surface area contributed by atoms with Crippen LogP contribution >= 0.6 is 0 Å². The molecule has 2 aliphatic rings. The molecule has 1 aromatic carbocycles. The molecule has 1 aromatic heterocycles.